The van der Waals surface area contributed by atoms with Gasteiger partial charge in [0.1, 0.15) is 11.6 Å². The van der Waals surface area contributed by atoms with Crippen molar-refractivity contribution in [2.75, 3.05) is 6.61 Å². The molecule has 24 heavy (non-hydrogen) atoms. The Morgan fingerprint density at radius 2 is 1.92 bits per heavy atom. The molecule has 4 nitrogen and oxygen atoms in total. The number of hydrogen-bond acceptors (Lipinski definition) is 4. The molecule has 0 N–H and O–H groups in total. The summed E-state index contributed by atoms with van der Waals surface area (Å²) in [7, 11) is 0. The van der Waals surface area contributed by atoms with Gasteiger partial charge in [0, 0.05) is 5.56 Å². The zero-order valence-corrected chi connectivity index (χ0v) is 13.2. The van der Waals surface area contributed by atoms with Gasteiger partial charge in [-0.25, -0.2) is 14.2 Å². The molecule has 1 aliphatic heterocycles. The number of rotatable bonds is 5. The first-order valence-corrected chi connectivity index (χ1v) is 7.68. The molecule has 0 amide bonds. The van der Waals surface area contributed by atoms with E-state index < -0.39 is 11.8 Å². The number of aliphatic imine (C=N–C) groups is 1. The second kappa shape index (κ2) is 7.08. The van der Waals surface area contributed by atoms with Crippen LogP contribution >= 0.6 is 0 Å². The van der Waals surface area contributed by atoms with Crippen LogP contribution in [-0.4, -0.2) is 18.5 Å². The second-order valence-corrected chi connectivity index (χ2v) is 5.20. The number of hydrogen-bond donors (Lipinski definition) is 0. The number of carbonyl (C=O) groups excluding carboxylic acids is 1. The Kier molecular flexibility index (Phi) is 4.70. The Morgan fingerprint density at radius 1 is 1.17 bits per heavy atom. The summed E-state index contributed by atoms with van der Waals surface area (Å²) in [6.07, 6.45) is 2.46. The lowest BCUT2D eigenvalue weighted by Crippen LogP contribution is -2.07. The first-order valence-electron chi connectivity index (χ1n) is 7.68. The standard InChI is InChI=1S/C19H16FNO3/c1-2-11-23-17-10-6-3-7-13(17)12-16-19(22)24-18(21-16)14-8-4-5-9-15(14)20/h3-10,12H,2,11H2,1H3/b16-12-. The molecule has 0 spiro atoms. The van der Waals surface area contributed by atoms with E-state index >= 15 is 0 Å². The minimum Gasteiger partial charge on any atom is -0.493 e. The lowest BCUT2D eigenvalue weighted by atomic mass is 10.1. The Morgan fingerprint density at radius 3 is 2.71 bits per heavy atom. The highest BCUT2D eigenvalue weighted by molar-refractivity contribution is 6.13. The van der Waals surface area contributed by atoms with E-state index in [9.17, 15) is 9.18 Å². The molecule has 0 unspecified atom stereocenters. The van der Waals surface area contributed by atoms with E-state index in [-0.39, 0.29) is 17.2 Å². The average Bonchev–Trinajstić information content (AvgIpc) is 2.95. The quantitative estimate of drug-likeness (QED) is 0.617. The molecule has 0 fully saturated rings. The van der Waals surface area contributed by atoms with Crippen LogP contribution in [0.25, 0.3) is 6.08 Å². The number of esters is 1. The largest absolute Gasteiger partial charge is 0.493 e. The molecular weight excluding hydrogens is 309 g/mol. The highest BCUT2D eigenvalue weighted by Gasteiger charge is 2.26. The second-order valence-electron chi connectivity index (χ2n) is 5.20. The molecule has 0 atom stereocenters. The number of ether oxygens (including phenoxy) is 2. The number of benzene rings is 2. The summed E-state index contributed by atoms with van der Waals surface area (Å²) in [4.78, 5) is 16.2. The van der Waals surface area contributed by atoms with Crippen LogP contribution in [-0.2, 0) is 9.53 Å². The van der Waals surface area contributed by atoms with Crippen LogP contribution in [0.4, 0.5) is 4.39 Å². The number of para-hydroxylation sites is 1. The Balaban J connectivity index is 1.94. The van der Waals surface area contributed by atoms with Crippen molar-refractivity contribution in [1.29, 1.82) is 0 Å². The third-order valence-corrected chi connectivity index (χ3v) is 3.40. The summed E-state index contributed by atoms with van der Waals surface area (Å²) < 4.78 is 24.6. The number of cyclic esters (lactones) is 1. The van der Waals surface area contributed by atoms with Crippen molar-refractivity contribution in [3.8, 4) is 5.75 Å². The molecule has 2 aromatic rings. The van der Waals surface area contributed by atoms with Crippen molar-refractivity contribution < 1.29 is 18.7 Å². The van der Waals surface area contributed by atoms with Crippen molar-refractivity contribution in [3.05, 3.63) is 71.2 Å². The molecule has 0 saturated heterocycles. The lowest BCUT2D eigenvalue weighted by molar-refractivity contribution is -0.129. The van der Waals surface area contributed by atoms with Gasteiger partial charge >= 0.3 is 5.97 Å². The van der Waals surface area contributed by atoms with E-state index in [1.165, 1.54) is 12.1 Å². The van der Waals surface area contributed by atoms with E-state index in [1.54, 1.807) is 18.2 Å². The third kappa shape index (κ3) is 3.35. The van der Waals surface area contributed by atoms with Crippen molar-refractivity contribution >= 4 is 17.9 Å². The van der Waals surface area contributed by atoms with Crippen LogP contribution in [0.15, 0.2) is 59.2 Å². The molecule has 3 rings (SSSR count). The Bertz CT molecular complexity index is 827. The molecule has 0 radical (unpaired) electrons. The topological polar surface area (TPSA) is 47.9 Å². The van der Waals surface area contributed by atoms with E-state index in [1.807, 2.05) is 31.2 Å². The summed E-state index contributed by atoms with van der Waals surface area (Å²) in [5.41, 5.74) is 0.988. The monoisotopic (exact) mass is 325 g/mol. The molecule has 0 aliphatic carbocycles. The van der Waals surface area contributed by atoms with Crippen LogP contribution in [0.3, 0.4) is 0 Å². The van der Waals surface area contributed by atoms with Gasteiger partial charge in [0.05, 0.1) is 12.2 Å². The summed E-state index contributed by atoms with van der Waals surface area (Å²) >= 11 is 0. The van der Waals surface area contributed by atoms with Crippen LogP contribution in [0.2, 0.25) is 0 Å². The van der Waals surface area contributed by atoms with Gasteiger partial charge in [0.2, 0.25) is 5.90 Å². The minimum absolute atomic E-state index is 0.0312. The Hall–Kier alpha value is -2.95. The molecule has 0 aromatic heterocycles. The van der Waals surface area contributed by atoms with Gasteiger partial charge in [-0.2, -0.15) is 0 Å². The zero-order chi connectivity index (χ0) is 16.9. The van der Waals surface area contributed by atoms with Crippen LogP contribution < -0.4 is 4.74 Å². The van der Waals surface area contributed by atoms with Gasteiger partial charge in [0.25, 0.3) is 0 Å². The van der Waals surface area contributed by atoms with Gasteiger partial charge < -0.3 is 9.47 Å². The number of halogens is 1. The predicted molar refractivity (Wildman–Crippen MR) is 89.2 cm³/mol. The average molecular weight is 325 g/mol. The van der Waals surface area contributed by atoms with Gasteiger partial charge in [-0.05, 0) is 30.7 Å². The van der Waals surface area contributed by atoms with Gasteiger partial charge in [-0.15, -0.1) is 0 Å². The number of nitrogens with zero attached hydrogens (tertiary/aromatic N) is 1. The van der Waals surface area contributed by atoms with Crippen LogP contribution in [0.5, 0.6) is 5.75 Å². The molecule has 1 heterocycles. The van der Waals surface area contributed by atoms with Crippen molar-refractivity contribution in [3.63, 3.8) is 0 Å². The molecule has 5 heteroatoms. The molecule has 0 bridgehead atoms. The van der Waals surface area contributed by atoms with Crippen LogP contribution in [0.1, 0.15) is 24.5 Å². The minimum atomic E-state index is -0.612. The molecule has 0 saturated carbocycles. The Labute approximate surface area is 139 Å². The first-order chi connectivity index (χ1) is 11.7. The van der Waals surface area contributed by atoms with E-state index in [0.717, 1.165) is 12.0 Å². The fraction of sp³-hybridized carbons (Fsp3) is 0.158. The fourth-order valence-corrected chi connectivity index (χ4v) is 2.25. The highest BCUT2D eigenvalue weighted by atomic mass is 19.1. The highest BCUT2D eigenvalue weighted by Crippen LogP contribution is 2.25. The molecule has 122 valence electrons. The summed E-state index contributed by atoms with van der Waals surface area (Å²) in [6, 6.07) is 13.4. The maximum atomic E-state index is 13.8. The number of carbonyl (C=O) groups is 1. The van der Waals surface area contributed by atoms with E-state index in [2.05, 4.69) is 4.99 Å². The summed E-state index contributed by atoms with van der Waals surface area (Å²) in [5, 5.41) is 0. The van der Waals surface area contributed by atoms with Gasteiger partial charge in [-0.3, -0.25) is 0 Å². The third-order valence-electron chi connectivity index (χ3n) is 3.40. The maximum absolute atomic E-state index is 13.8. The summed E-state index contributed by atoms with van der Waals surface area (Å²) in [6.45, 7) is 2.59. The summed E-state index contributed by atoms with van der Waals surface area (Å²) in [5.74, 6) is -0.471. The van der Waals surface area contributed by atoms with E-state index in [0.29, 0.717) is 12.4 Å². The van der Waals surface area contributed by atoms with Crippen molar-refractivity contribution in [2.45, 2.75) is 13.3 Å². The first kappa shape index (κ1) is 15.9. The normalized spacial score (nSPS) is 15.3. The lowest BCUT2D eigenvalue weighted by Gasteiger charge is -2.07. The van der Waals surface area contributed by atoms with Gasteiger partial charge in [-0.1, -0.05) is 37.3 Å². The predicted octanol–water partition coefficient (Wildman–Crippen LogP) is 3.96. The zero-order valence-electron chi connectivity index (χ0n) is 13.2. The van der Waals surface area contributed by atoms with Gasteiger partial charge in [0.15, 0.2) is 5.70 Å². The fourth-order valence-electron chi connectivity index (χ4n) is 2.25. The maximum Gasteiger partial charge on any atom is 0.363 e. The van der Waals surface area contributed by atoms with Crippen LogP contribution in [0, 0.1) is 5.82 Å². The molecule has 2 aromatic carbocycles. The van der Waals surface area contributed by atoms with Crippen molar-refractivity contribution in [2.24, 2.45) is 4.99 Å². The molecular formula is C19H16FNO3. The smallest absolute Gasteiger partial charge is 0.363 e. The SMILES string of the molecule is CCCOc1ccccc1/C=C1\N=C(c2ccccc2F)OC1=O. The van der Waals surface area contributed by atoms with Crippen molar-refractivity contribution in [1.82, 2.24) is 0 Å². The van der Waals surface area contributed by atoms with E-state index in [4.69, 9.17) is 9.47 Å². The molecule has 1 aliphatic rings.